The molecule has 0 radical (unpaired) electrons. The first-order valence-electron chi connectivity index (χ1n) is 6.39. The molecule has 0 unspecified atom stereocenters. The van der Waals surface area contributed by atoms with E-state index in [2.05, 4.69) is 5.32 Å². The van der Waals surface area contributed by atoms with Crippen LogP contribution in [0.1, 0.15) is 18.4 Å². The van der Waals surface area contributed by atoms with Crippen LogP contribution in [0.2, 0.25) is 0 Å². The van der Waals surface area contributed by atoms with E-state index in [4.69, 9.17) is 15.2 Å². The molecule has 5 heteroatoms. The molecule has 0 aliphatic carbocycles. The average Bonchev–Trinajstić information content (AvgIpc) is 2.40. The molecule has 1 amide bonds. The van der Waals surface area contributed by atoms with Gasteiger partial charge in [0.25, 0.3) is 0 Å². The van der Waals surface area contributed by atoms with Gasteiger partial charge in [-0.3, -0.25) is 4.79 Å². The summed E-state index contributed by atoms with van der Waals surface area (Å²) >= 11 is 0. The number of ether oxygens (including phenoxy) is 2. The van der Waals surface area contributed by atoms with Crippen LogP contribution in [-0.2, 0) is 9.53 Å². The van der Waals surface area contributed by atoms with Crippen molar-refractivity contribution < 1.29 is 14.3 Å². The fraction of sp³-hybridized carbons (Fsp3) is 0.500. The lowest BCUT2D eigenvalue weighted by molar-refractivity contribution is -0.116. The van der Waals surface area contributed by atoms with Gasteiger partial charge in [-0.25, -0.2) is 0 Å². The van der Waals surface area contributed by atoms with E-state index in [-0.39, 0.29) is 5.91 Å². The first-order valence-corrected chi connectivity index (χ1v) is 6.39. The molecule has 0 fully saturated rings. The van der Waals surface area contributed by atoms with Gasteiger partial charge in [0.2, 0.25) is 5.91 Å². The lowest BCUT2D eigenvalue weighted by Crippen LogP contribution is -2.14. The van der Waals surface area contributed by atoms with Crippen LogP contribution in [0.15, 0.2) is 18.2 Å². The third-order valence-corrected chi connectivity index (χ3v) is 2.64. The Morgan fingerprint density at radius 2 is 2.16 bits per heavy atom. The monoisotopic (exact) mass is 266 g/mol. The fourth-order valence-electron chi connectivity index (χ4n) is 1.58. The van der Waals surface area contributed by atoms with Gasteiger partial charge in [-0.15, -0.1) is 0 Å². The molecule has 0 aromatic heterocycles. The zero-order valence-corrected chi connectivity index (χ0v) is 11.6. The first-order chi connectivity index (χ1) is 9.17. The van der Waals surface area contributed by atoms with Crippen molar-refractivity contribution in [1.29, 1.82) is 0 Å². The molecule has 1 aromatic rings. The molecule has 0 aliphatic heterocycles. The molecule has 0 saturated heterocycles. The number of amides is 1. The van der Waals surface area contributed by atoms with E-state index in [1.165, 1.54) is 0 Å². The highest BCUT2D eigenvalue weighted by atomic mass is 16.5. The number of aryl methyl sites for hydroxylation is 1. The number of carbonyl (C=O) groups excluding carboxylic acids is 1. The van der Waals surface area contributed by atoms with Crippen LogP contribution in [-0.4, -0.2) is 32.8 Å². The van der Waals surface area contributed by atoms with Gasteiger partial charge >= 0.3 is 0 Å². The molecule has 0 heterocycles. The van der Waals surface area contributed by atoms with Crippen LogP contribution in [0, 0.1) is 6.92 Å². The zero-order valence-electron chi connectivity index (χ0n) is 11.6. The molecule has 1 aromatic carbocycles. The van der Waals surface area contributed by atoms with Crippen molar-refractivity contribution in [1.82, 2.24) is 0 Å². The van der Waals surface area contributed by atoms with E-state index in [1.807, 2.05) is 25.1 Å². The maximum atomic E-state index is 11.6. The Bertz CT molecular complexity index is 408. The summed E-state index contributed by atoms with van der Waals surface area (Å²) in [7, 11) is 1.63. The van der Waals surface area contributed by atoms with Crippen LogP contribution in [0.5, 0.6) is 5.75 Å². The van der Waals surface area contributed by atoms with Crippen molar-refractivity contribution in [2.45, 2.75) is 19.8 Å². The number of hydrogen-bond acceptors (Lipinski definition) is 4. The summed E-state index contributed by atoms with van der Waals surface area (Å²) in [5.74, 6) is 0.760. The minimum absolute atomic E-state index is 0.0124. The third kappa shape index (κ3) is 5.72. The van der Waals surface area contributed by atoms with Crippen LogP contribution in [0.3, 0.4) is 0 Å². The molecule has 106 valence electrons. The summed E-state index contributed by atoms with van der Waals surface area (Å²) in [5.41, 5.74) is 7.15. The summed E-state index contributed by atoms with van der Waals surface area (Å²) in [6.45, 7) is 3.52. The van der Waals surface area contributed by atoms with Crippen molar-refractivity contribution in [3.05, 3.63) is 23.8 Å². The van der Waals surface area contributed by atoms with Crippen LogP contribution < -0.4 is 15.8 Å². The summed E-state index contributed by atoms with van der Waals surface area (Å²) in [4.78, 5) is 11.6. The summed E-state index contributed by atoms with van der Waals surface area (Å²) in [6.07, 6.45) is 1.14. The maximum absolute atomic E-state index is 11.6. The highest BCUT2D eigenvalue weighted by Crippen LogP contribution is 2.21. The largest absolute Gasteiger partial charge is 0.491 e. The maximum Gasteiger partial charge on any atom is 0.224 e. The van der Waals surface area contributed by atoms with E-state index in [1.54, 1.807) is 7.11 Å². The molecular formula is C14H22N2O3. The minimum atomic E-state index is -0.0124. The van der Waals surface area contributed by atoms with Gasteiger partial charge in [0, 0.05) is 19.2 Å². The Morgan fingerprint density at radius 1 is 1.37 bits per heavy atom. The van der Waals surface area contributed by atoms with Gasteiger partial charge in [-0.05, 0) is 43.7 Å². The number of nitrogens with one attached hydrogen (secondary N) is 1. The lowest BCUT2D eigenvalue weighted by atomic mass is 10.2. The van der Waals surface area contributed by atoms with Crippen LogP contribution in [0.25, 0.3) is 0 Å². The Hall–Kier alpha value is -1.59. The zero-order chi connectivity index (χ0) is 14.1. The van der Waals surface area contributed by atoms with Gasteiger partial charge < -0.3 is 20.5 Å². The van der Waals surface area contributed by atoms with Crippen molar-refractivity contribution in [3.8, 4) is 5.75 Å². The second kappa shape index (κ2) is 8.50. The normalized spacial score (nSPS) is 10.3. The van der Waals surface area contributed by atoms with Gasteiger partial charge in [0.1, 0.15) is 12.4 Å². The molecule has 0 aliphatic rings. The summed E-state index contributed by atoms with van der Waals surface area (Å²) in [6, 6.07) is 5.58. The van der Waals surface area contributed by atoms with Crippen LogP contribution >= 0.6 is 0 Å². The standard InChI is InChI=1S/C14H22N2O3/c1-11-10-12(19-9-8-18-2)5-6-13(11)16-14(17)4-3-7-15/h5-6,10H,3-4,7-9,15H2,1-2H3,(H,16,17). The van der Waals surface area contributed by atoms with E-state index >= 15 is 0 Å². The summed E-state index contributed by atoms with van der Waals surface area (Å²) in [5, 5.41) is 2.86. The van der Waals surface area contributed by atoms with Crippen molar-refractivity contribution >= 4 is 11.6 Å². The van der Waals surface area contributed by atoms with Crippen molar-refractivity contribution in [2.75, 3.05) is 32.2 Å². The molecule has 3 N–H and O–H groups in total. The van der Waals surface area contributed by atoms with E-state index in [0.717, 1.165) is 17.0 Å². The molecule has 0 spiro atoms. The lowest BCUT2D eigenvalue weighted by Gasteiger charge is -2.11. The summed E-state index contributed by atoms with van der Waals surface area (Å²) < 4.78 is 10.4. The van der Waals surface area contributed by atoms with E-state index in [0.29, 0.717) is 32.6 Å². The van der Waals surface area contributed by atoms with Gasteiger partial charge in [0.15, 0.2) is 0 Å². The molecule has 0 saturated carbocycles. The minimum Gasteiger partial charge on any atom is -0.491 e. The van der Waals surface area contributed by atoms with E-state index in [9.17, 15) is 4.79 Å². The third-order valence-electron chi connectivity index (χ3n) is 2.64. The predicted octanol–water partition coefficient (Wildman–Crippen LogP) is 1.70. The smallest absolute Gasteiger partial charge is 0.224 e. The number of carbonyl (C=O) groups is 1. The number of rotatable bonds is 8. The predicted molar refractivity (Wildman–Crippen MR) is 75.5 cm³/mol. The Kier molecular flexibility index (Phi) is 6.92. The second-order valence-corrected chi connectivity index (χ2v) is 4.26. The number of anilines is 1. The molecule has 5 nitrogen and oxygen atoms in total. The van der Waals surface area contributed by atoms with Crippen molar-refractivity contribution in [3.63, 3.8) is 0 Å². The number of methoxy groups -OCH3 is 1. The molecule has 0 atom stereocenters. The second-order valence-electron chi connectivity index (χ2n) is 4.26. The molecule has 0 bridgehead atoms. The molecule has 1 rings (SSSR count). The van der Waals surface area contributed by atoms with Gasteiger partial charge in [0.05, 0.1) is 6.61 Å². The topological polar surface area (TPSA) is 73.6 Å². The number of hydrogen-bond donors (Lipinski definition) is 2. The number of benzene rings is 1. The van der Waals surface area contributed by atoms with Gasteiger partial charge in [-0.2, -0.15) is 0 Å². The SMILES string of the molecule is COCCOc1ccc(NC(=O)CCCN)c(C)c1. The Morgan fingerprint density at radius 3 is 2.79 bits per heavy atom. The number of nitrogens with two attached hydrogens (primary N) is 1. The fourth-order valence-corrected chi connectivity index (χ4v) is 1.58. The van der Waals surface area contributed by atoms with Gasteiger partial charge in [-0.1, -0.05) is 0 Å². The Labute approximate surface area is 114 Å². The highest BCUT2D eigenvalue weighted by molar-refractivity contribution is 5.91. The first kappa shape index (κ1) is 15.5. The van der Waals surface area contributed by atoms with Crippen molar-refractivity contribution in [2.24, 2.45) is 5.73 Å². The van der Waals surface area contributed by atoms with Crippen LogP contribution in [0.4, 0.5) is 5.69 Å². The average molecular weight is 266 g/mol. The molecule has 19 heavy (non-hydrogen) atoms. The highest BCUT2D eigenvalue weighted by Gasteiger charge is 2.05. The van der Waals surface area contributed by atoms with E-state index < -0.39 is 0 Å². The quantitative estimate of drug-likeness (QED) is 0.702. The molecular weight excluding hydrogens is 244 g/mol. The Balaban J connectivity index is 2.54.